The number of hydrogen-bond donors (Lipinski definition) is 2. The van der Waals surface area contributed by atoms with E-state index in [0.29, 0.717) is 5.69 Å². The molecule has 2 rings (SSSR count). The summed E-state index contributed by atoms with van der Waals surface area (Å²) in [4.78, 5) is 0.200. The van der Waals surface area contributed by atoms with Crippen molar-refractivity contribution in [3.63, 3.8) is 0 Å². The van der Waals surface area contributed by atoms with E-state index >= 15 is 0 Å². The molecule has 0 saturated heterocycles. The summed E-state index contributed by atoms with van der Waals surface area (Å²) < 4.78 is 27.6. The largest absolute Gasteiger partial charge is 0.398 e. The minimum Gasteiger partial charge on any atom is -0.398 e. The van der Waals surface area contributed by atoms with E-state index in [9.17, 15) is 8.42 Å². The van der Waals surface area contributed by atoms with E-state index in [4.69, 9.17) is 5.73 Å². The number of rotatable bonds is 4. The van der Waals surface area contributed by atoms with Crippen molar-refractivity contribution in [3.05, 3.63) is 59.2 Å². The first kappa shape index (κ1) is 15.5. The fourth-order valence-corrected chi connectivity index (χ4v) is 3.47. The van der Waals surface area contributed by atoms with E-state index in [2.05, 4.69) is 4.72 Å². The van der Waals surface area contributed by atoms with Gasteiger partial charge >= 0.3 is 0 Å². The van der Waals surface area contributed by atoms with Crippen molar-refractivity contribution in [1.82, 2.24) is 4.72 Å². The quantitative estimate of drug-likeness (QED) is 0.853. The van der Waals surface area contributed by atoms with Gasteiger partial charge in [0, 0.05) is 11.7 Å². The molecule has 0 spiro atoms. The molecule has 1 unspecified atom stereocenters. The van der Waals surface area contributed by atoms with Gasteiger partial charge in [0.2, 0.25) is 10.0 Å². The molecule has 0 fully saturated rings. The Morgan fingerprint density at radius 2 is 1.71 bits per heavy atom. The van der Waals surface area contributed by atoms with Crippen LogP contribution in [0.4, 0.5) is 5.69 Å². The predicted molar refractivity (Wildman–Crippen MR) is 85.5 cm³/mol. The van der Waals surface area contributed by atoms with Crippen LogP contribution in [0.25, 0.3) is 0 Å². The highest BCUT2D eigenvalue weighted by atomic mass is 32.2. The summed E-state index contributed by atoms with van der Waals surface area (Å²) >= 11 is 0. The first-order valence-electron chi connectivity index (χ1n) is 6.75. The molecule has 0 amide bonds. The topological polar surface area (TPSA) is 72.2 Å². The van der Waals surface area contributed by atoms with Gasteiger partial charge in [-0.05, 0) is 49.6 Å². The Balaban J connectivity index is 2.31. The van der Waals surface area contributed by atoms with Crippen molar-refractivity contribution in [2.24, 2.45) is 0 Å². The zero-order valence-corrected chi connectivity index (χ0v) is 13.2. The average molecular weight is 304 g/mol. The van der Waals surface area contributed by atoms with Crippen LogP contribution in [0.2, 0.25) is 0 Å². The molecule has 21 heavy (non-hydrogen) atoms. The maximum Gasteiger partial charge on any atom is 0.241 e. The van der Waals surface area contributed by atoms with E-state index < -0.39 is 10.0 Å². The molecular weight excluding hydrogens is 284 g/mol. The normalized spacial score (nSPS) is 13.1. The molecule has 2 aromatic carbocycles. The number of nitrogens with two attached hydrogens (primary N) is 1. The number of benzene rings is 2. The lowest BCUT2D eigenvalue weighted by Crippen LogP contribution is -2.27. The van der Waals surface area contributed by atoms with Crippen LogP contribution < -0.4 is 10.5 Å². The van der Waals surface area contributed by atoms with Gasteiger partial charge in [-0.2, -0.15) is 0 Å². The third-order valence-electron chi connectivity index (χ3n) is 3.62. The Morgan fingerprint density at radius 1 is 1.10 bits per heavy atom. The molecule has 0 bridgehead atoms. The lowest BCUT2D eigenvalue weighted by atomic mass is 10.1. The van der Waals surface area contributed by atoms with Crippen molar-refractivity contribution in [1.29, 1.82) is 0 Å². The Hall–Kier alpha value is -1.85. The summed E-state index contributed by atoms with van der Waals surface area (Å²) in [7, 11) is -3.60. The van der Waals surface area contributed by atoms with Crippen LogP contribution in [0.15, 0.2) is 47.4 Å². The molecule has 0 radical (unpaired) electrons. The van der Waals surface area contributed by atoms with Gasteiger partial charge in [0.25, 0.3) is 0 Å². The zero-order valence-electron chi connectivity index (χ0n) is 12.4. The number of hydrogen-bond acceptors (Lipinski definition) is 3. The average Bonchev–Trinajstić information content (AvgIpc) is 2.44. The third kappa shape index (κ3) is 3.43. The van der Waals surface area contributed by atoms with E-state index in [1.54, 1.807) is 6.07 Å². The molecular formula is C16H20N2O2S. The molecule has 112 valence electrons. The second-order valence-corrected chi connectivity index (χ2v) is 6.92. The standard InChI is InChI=1S/C16H20N2O2S/c1-11-9-15(10-16(17)12(11)2)21(19,20)18-13(3)14-7-5-4-6-8-14/h4-10,13,18H,17H2,1-3H3. The summed E-state index contributed by atoms with van der Waals surface area (Å²) in [6.45, 7) is 5.55. The molecule has 2 aromatic rings. The summed E-state index contributed by atoms with van der Waals surface area (Å²) in [6, 6.07) is 12.3. The minimum absolute atomic E-state index is 0.200. The van der Waals surface area contributed by atoms with Gasteiger partial charge in [0.15, 0.2) is 0 Å². The van der Waals surface area contributed by atoms with E-state index in [-0.39, 0.29) is 10.9 Å². The number of nitrogen functional groups attached to an aromatic ring is 1. The first-order valence-corrected chi connectivity index (χ1v) is 8.23. The van der Waals surface area contributed by atoms with Gasteiger partial charge in [-0.15, -0.1) is 0 Å². The number of sulfonamides is 1. The Labute approximate surface area is 126 Å². The number of nitrogens with one attached hydrogen (secondary N) is 1. The Kier molecular flexibility index (Phi) is 4.34. The summed E-state index contributed by atoms with van der Waals surface area (Å²) in [6.07, 6.45) is 0. The van der Waals surface area contributed by atoms with Gasteiger partial charge < -0.3 is 5.73 Å². The fourth-order valence-electron chi connectivity index (χ4n) is 2.12. The van der Waals surface area contributed by atoms with Crippen LogP contribution in [0.1, 0.15) is 29.7 Å². The fraction of sp³-hybridized carbons (Fsp3) is 0.250. The molecule has 4 nitrogen and oxygen atoms in total. The molecule has 5 heteroatoms. The van der Waals surface area contributed by atoms with Crippen molar-refractivity contribution in [2.75, 3.05) is 5.73 Å². The maximum absolute atomic E-state index is 12.5. The van der Waals surface area contributed by atoms with Crippen LogP contribution in [0.3, 0.4) is 0 Å². The van der Waals surface area contributed by atoms with Gasteiger partial charge in [-0.25, -0.2) is 13.1 Å². The molecule has 0 aliphatic carbocycles. The third-order valence-corrected chi connectivity index (χ3v) is 5.14. The SMILES string of the molecule is Cc1cc(S(=O)(=O)NC(C)c2ccccc2)cc(N)c1C. The van der Waals surface area contributed by atoms with E-state index in [1.807, 2.05) is 51.1 Å². The lowest BCUT2D eigenvalue weighted by molar-refractivity contribution is 0.567. The monoisotopic (exact) mass is 304 g/mol. The van der Waals surface area contributed by atoms with Gasteiger partial charge in [0.05, 0.1) is 4.90 Å². The molecule has 0 aliphatic heterocycles. The summed E-state index contributed by atoms with van der Waals surface area (Å²) in [5.41, 5.74) is 9.04. The second-order valence-electron chi connectivity index (χ2n) is 5.21. The zero-order chi connectivity index (χ0) is 15.6. The van der Waals surface area contributed by atoms with Crippen LogP contribution in [-0.4, -0.2) is 8.42 Å². The number of aryl methyl sites for hydroxylation is 1. The molecule has 0 saturated carbocycles. The maximum atomic E-state index is 12.5. The lowest BCUT2D eigenvalue weighted by Gasteiger charge is -2.16. The summed E-state index contributed by atoms with van der Waals surface area (Å²) in [5.74, 6) is 0. The van der Waals surface area contributed by atoms with Crippen LogP contribution in [0, 0.1) is 13.8 Å². The Morgan fingerprint density at radius 3 is 2.29 bits per heavy atom. The van der Waals surface area contributed by atoms with Crippen LogP contribution in [-0.2, 0) is 10.0 Å². The molecule has 0 aliphatic rings. The van der Waals surface area contributed by atoms with Gasteiger partial charge in [-0.3, -0.25) is 0 Å². The minimum atomic E-state index is -3.60. The van der Waals surface area contributed by atoms with Crippen molar-refractivity contribution >= 4 is 15.7 Å². The van der Waals surface area contributed by atoms with Crippen LogP contribution >= 0.6 is 0 Å². The van der Waals surface area contributed by atoms with Crippen molar-refractivity contribution in [2.45, 2.75) is 31.7 Å². The van der Waals surface area contributed by atoms with Gasteiger partial charge in [-0.1, -0.05) is 30.3 Å². The van der Waals surface area contributed by atoms with Crippen LogP contribution in [0.5, 0.6) is 0 Å². The first-order chi connectivity index (χ1) is 9.81. The highest BCUT2D eigenvalue weighted by Crippen LogP contribution is 2.23. The summed E-state index contributed by atoms with van der Waals surface area (Å²) in [5, 5.41) is 0. The van der Waals surface area contributed by atoms with Gasteiger partial charge in [0.1, 0.15) is 0 Å². The number of anilines is 1. The smallest absolute Gasteiger partial charge is 0.241 e. The molecule has 3 N–H and O–H groups in total. The molecule has 0 heterocycles. The molecule has 1 atom stereocenters. The molecule has 0 aromatic heterocycles. The second kappa shape index (κ2) is 5.87. The highest BCUT2D eigenvalue weighted by Gasteiger charge is 2.19. The predicted octanol–water partition coefficient (Wildman–Crippen LogP) is 2.93. The van der Waals surface area contributed by atoms with E-state index in [1.165, 1.54) is 6.07 Å². The highest BCUT2D eigenvalue weighted by molar-refractivity contribution is 7.89. The van der Waals surface area contributed by atoms with Crippen molar-refractivity contribution < 1.29 is 8.42 Å². The van der Waals surface area contributed by atoms with Crippen molar-refractivity contribution in [3.8, 4) is 0 Å². The van der Waals surface area contributed by atoms with E-state index in [0.717, 1.165) is 16.7 Å². The Bertz CT molecular complexity index is 717.